The lowest BCUT2D eigenvalue weighted by Gasteiger charge is -2.12. The maximum Gasteiger partial charge on any atom is 0.238 e. The molecule has 0 aliphatic carbocycles. The second-order valence-electron chi connectivity index (χ2n) is 6.44. The van der Waals surface area contributed by atoms with E-state index in [1.807, 2.05) is 41.9 Å². The molecule has 29 heavy (non-hydrogen) atoms. The Labute approximate surface area is 173 Å². The molecule has 0 bridgehead atoms. The van der Waals surface area contributed by atoms with E-state index >= 15 is 0 Å². The molecule has 0 aliphatic heterocycles. The first-order valence-corrected chi connectivity index (χ1v) is 11.2. The van der Waals surface area contributed by atoms with Crippen molar-refractivity contribution in [3.05, 3.63) is 66.0 Å². The lowest BCUT2D eigenvalue weighted by molar-refractivity contribution is -0.115. The molecule has 1 amide bonds. The summed E-state index contributed by atoms with van der Waals surface area (Å²) < 4.78 is 24.5. The molecule has 10 heteroatoms. The Balaban J connectivity index is 1.62. The Morgan fingerprint density at radius 2 is 1.79 bits per heavy atom. The van der Waals surface area contributed by atoms with Crippen LogP contribution >= 0.6 is 11.8 Å². The maximum absolute atomic E-state index is 12.5. The molecule has 3 aromatic rings. The summed E-state index contributed by atoms with van der Waals surface area (Å²) in [7, 11) is -1.89. The van der Waals surface area contributed by atoms with Gasteiger partial charge in [-0.05, 0) is 36.8 Å². The van der Waals surface area contributed by atoms with Crippen LogP contribution in [0.5, 0.6) is 0 Å². The van der Waals surface area contributed by atoms with Gasteiger partial charge in [-0.1, -0.05) is 42.1 Å². The smallest absolute Gasteiger partial charge is 0.238 e. The fraction of sp³-hybridized carbons (Fsp3) is 0.211. The first-order chi connectivity index (χ1) is 13.7. The number of hydrogen-bond acceptors (Lipinski definition) is 6. The van der Waals surface area contributed by atoms with Gasteiger partial charge in [0, 0.05) is 19.2 Å². The van der Waals surface area contributed by atoms with Crippen molar-refractivity contribution in [3.8, 4) is 0 Å². The normalized spacial score (nSPS) is 12.5. The number of primary sulfonamides is 1. The molecule has 1 heterocycles. The highest BCUT2D eigenvalue weighted by molar-refractivity contribution is 8.00. The summed E-state index contributed by atoms with van der Waals surface area (Å²) in [6.45, 7) is 1.77. The molecule has 0 saturated heterocycles. The van der Waals surface area contributed by atoms with Crippen molar-refractivity contribution >= 4 is 33.4 Å². The first-order valence-electron chi connectivity index (χ1n) is 8.76. The number of nitrogens with zero attached hydrogens (tertiary/aromatic N) is 3. The van der Waals surface area contributed by atoms with Crippen molar-refractivity contribution in [1.82, 2.24) is 14.8 Å². The number of hydrogen-bond donors (Lipinski definition) is 2. The van der Waals surface area contributed by atoms with E-state index in [1.165, 1.54) is 36.0 Å². The third-order valence-electron chi connectivity index (χ3n) is 4.23. The molecule has 3 N–H and O–H groups in total. The lowest BCUT2D eigenvalue weighted by Crippen LogP contribution is -2.23. The van der Waals surface area contributed by atoms with Gasteiger partial charge in [-0.3, -0.25) is 4.79 Å². The van der Waals surface area contributed by atoms with Gasteiger partial charge in [-0.15, -0.1) is 10.2 Å². The number of benzene rings is 2. The van der Waals surface area contributed by atoms with E-state index in [0.29, 0.717) is 17.3 Å². The van der Waals surface area contributed by atoms with Crippen LogP contribution in [-0.4, -0.2) is 34.3 Å². The average molecular weight is 432 g/mol. The predicted molar refractivity (Wildman–Crippen MR) is 112 cm³/mol. The molecule has 152 valence electrons. The van der Waals surface area contributed by atoms with Crippen molar-refractivity contribution in [2.45, 2.75) is 28.6 Å². The number of sulfonamides is 1. The van der Waals surface area contributed by atoms with Gasteiger partial charge < -0.3 is 9.88 Å². The molecule has 2 aromatic carbocycles. The van der Waals surface area contributed by atoms with Crippen LogP contribution in [0.3, 0.4) is 0 Å². The minimum atomic E-state index is -3.77. The fourth-order valence-electron chi connectivity index (χ4n) is 2.56. The van der Waals surface area contributed by atoms with Gasteiger partial charge >= 0.3 is 0 Å². The molecule has 0 fully saturated rings. The molecule has 1 atom stereocenters. The zero-order chi connectivity index (χ0) is 21.0. The van der Waals surface area contributed by atoms with Crippen LogP contribution in [0.1, 0.15) is 18.3 Å². The van der Waals surface area contributed by atoms with E-state index in [-0.39, 0.29) is 10.8 Å². The SMILES string of the molecule is C[C@@H](Sc1nnc(Cc2ccccc2)n1C)C(=O)Nc1ccc(S(N)(=O)=O)cc1. The van der Waals surface area contributed by atoms with E-state index < -0.39 is 15.3 Å². The van der Waals surface area contributed by atoms with Crippen molar-refractivity contribution in [1.29, 1.82) is 0 Å². The number of aromatic nitrogens is 3. The van der Waals surface area contributed by atoms with Crippen LogP contribution in [0, 0.1) is 0 Å². The minimum Gasteiger partial charge on any atom is -0.325 e. The Kier molecular flexibility index (Phi) is 6.36. The number of amides is 1. The Hall–Kier alpha value is -2.69. The third-order valence-corrected chi connectivity index (χ3v) is 6.30. The summed E-state index contributed by atoms with van der Waals surface area (Å²) >= 11 is 1.30. The highest BCUT2D eigenvalue weighted by Crippen LogP contribution is 2.23. The van der Waals surface area contributed by atoms with Crippen LogP contribution in [0.15, 0.2) is 64.6 Å². The summed E-state index contributed by atoms with van der Waals surface area (Å²) in [6, 6.07) is 15.7. The first kappa shape index (κ1) is 21.0. The molecule has 0 aliphatic rings. The van der Waals surface area contributed by atoms with Gasteiger partial charge in [-0.2, -0.15) is 0 Å². The summed E-state index contributed by atoms with van der Waals surface area (Å²) in [4.78, 5) is 12.5. The maximum atomic E-state index is 12.5. The van der Waals surface area contributed by atoms with Crippen molar-refractivity contribution in [3.63, 3.8) is 0 Å². The molecule has 0 saturated carbocycles. The molecule has 3 rings (SSSR count). The highest BCUT2D eigenvalue weighted by Gasteiger charge is 2.19. The minimum absolute atomic E-state index is 0.0112. The predicted octanol–water partition coefficient (Wildman–Crippen LogP) is 2.17. The second-order valence-corrected chi connectivity index (χ2v) is 9.31. The number of anilines is 1. The number of carbonyl (C=O) groups is 1. The molecule has 8 nitrogen and oxygen atoms in total. The Morgan fingerprint density at radius 1 is 1.14 bits per heavy atom. The monoisotopic (exact) mass is 431 g/mol. The number of thioether (sulfide) groups is 1. The molecule has 0 radical (unpaired) electrons. The Bertz CT molecular complexity index is 1100. The van der Waals surface area contributed by atoms with Gasteiger partial charge in [0.1, 0.15) is 5.82 Å². The largest absolute Gasteiger partial charge is 0.325 e. The fourth-order valence-corrected chi connectivity index (χ4v) is 3.91. The van der Waals surface area contributed by atoms with Crippen LogP contribution in [0.4, 0.5) is 5.69 Å². The van der Waals surface area contributed by atoms with Gasteiger partial charge in [0.25, 0.3) is 0 Å². The van der Waals surface area contributed by atoms with Crippen molar-refractivity contribution < 1.29 is 13.2 Å². The number of nitrogens with one attached hydrogen (secondary N) is 1. The molecular weight excluding hydrogens is 410 g/mol. The van der Waals surface area contributed by atoms with Crippen molar-refractivity contribution in [2.24, 2.45) is 12.2 Å². The molecule has 0 unspecified atom stereocenters. The number of rotatable bonds is 7. The summed E-state index contributed by atoms with van der Waals surface area (Å²) in [5.41, 5.74) is 1.62. The summed E-state index contributed by atoms with van der Waals surface area (Å²) in [6.07, 6.45) is 0.655. The number of nitrogens with two attached hydrogens (primary N) is 1. The van der Waals surface area contributed by atoms with Crippen LogP contribution in [-0.2, 0) is 28.3 Å². The highest BCUT2D eigenvalue weighted by atomic mass is 32.2. The molecule has 1 aromatic heterocycles. The van der Waals surface area contributed by atoms with Crippen molar-refractivity contribution in [2.75, 3.05) is 5.32 Å². The summed E-state index contributed by atoms with van der Waals surface area (Å²) in [5, 5.41) is 16.5. The standard InChI is InChI=1S/C19H21N5O3S2/c1-13(18(25)21-15-8-10-16(11-9-15)29(20,26)27)28-19-23-22-17(24(19)2)12-14-6-4-3-5-7-14/h3-11,13H,12H2,1-2H3,(H,21,25)(H2,20,26,27)/t13-/m1/s1. The van der Waals surface area contributed by atoms with E-state index in [2.05, 4.69) is 15.5 Å². The number of carbonyl (C=O) groups excluding carboxylic acids is 1. The zero-order valence-electron chi connectivity index (χ0n) is 15.9. The zero-order valence-corrected chi connectivity index (χ0v) is 17.6. The lowest BCUT2D eigenvalue weighted by atomic mass is 10.1. The van der Waals surface area contributed by atoms with E-state index in [1.54, 1.807) is 6.92 Å². The topological polar surface area (TPSA) is 120 Å². The second kappa shape index (κ2) is 8.76. The molecule has 0 spiro atoms. The van der Waals surface area contributed by atoms with E-state index in [0.717, 1.165) is 11.4 Å². The summed E-state index contributed by atoms with van der Waals surface area (Å²) in [5.74, 6) is 0.579. The van der Waals surface area contributed by atoms with Crippen LogP contribution in [0.25, 0.3) is 0 Å². The van der Waals surface area contributed by atoms with Gasteiger partial charge in [-0.25, -0.2) is 13.6 Å². The Morgan fingerprint density at radius 3 is 2.41 bits per heavy atom. The third kappa shape index (κ3) is 5.43. The quantitative estimate of drug-likeness (QED) is 0.553. The van der Waals surface area contributed by atoms with Gasteiger partial charge in [0.15, 0.2) is 5.16 Å². The van der Waals surface area contributed by atoms with Crippen LogP contribution < -0.4 is 10.5 Å². The van der Waals surface area contributed by atoms with Gasteiger partial charge in [0.05, 0.1) is 10.1 Å². The van der Waals surface area contributed by atoms with E-state index in [9.17, 15) is 13.2 Å². The average Bonchev–Trinajstić information content (AvgIpc) is 3.02. The van der Waals surface area contributed by atoms with Crippen LogP contribution in [0.2, 0.25) is 0 Å². The molecular formula is C19H21N5O3S2. The van der Waals surface area contributed by atoms with Gasteiger partial charge in [0.2, 0.25) is 15.9 Å². The van der Waals surface area contributed by atoms with E-state index in [4.69, 9.17) is 5.14 Å².